The summed E-state index contributed by atoms with van der Waals surface area (Å²) in [6.07, 6.45) is -4.14. The number of hydrogen-bond donors (Lipinski definition) is 3. The molecule has 142 valence electrons. The minimum Gasteiger partial charge on any atom is -0.477 e. The number of hydrogen-bond acceptors (Lipinski definition) is 8. The first kappa shape index (κ1) is 19.2. The zero-order valence-electron chi connectivity index (χ0n) is 13.5. The Hall–Kier alpha value is -2.60. The molecule has 0 amide bonds. The number of carboxylic acid groups (broad SMARTS) is 1. The number of ether oxygens (including phenoxy) is 1. The van der Waals surface area contributed by atoms with Crippen LogP contribution in [0.5, 0.6) is 5.88 Å². The van der Waals surface area contributed by atoms with Crippen LogP contribution in [0, 0.1) is 0 Å². The van der Waals surface area contributed by atoms with E-state index in [0.29, 0.717) is 10.2 Å². The van der Waals surface area contributed by atoms with Crippen molar-refractivity contribution in [2.24, 2.45) is 0 Å². The van der Waals surface area contributed by atoms with E-state index in [9.17, 15) is 23.1 Å². The van der Waals surface area contributed by atoms with Gasteiger partial charge in [-0.25, -0.2) is 19.7 Å². The number of carbonyl (C=O) groups is 1. The fourth-order valence-corrected chi connectivity index (χ4v) is 3.50. The number of aromatic nitrogens is 3. The molecule has 1 atom stereocenters. The summed E-state index contributed by atoms with van der Waals surface area (Å²) in [5, 5.41) is 12.4. The molecule has 0 saturated heterocycles. The molecule has 0 bridgehead atoms. The maximum absolute atomic E-state index is 12.8. The van der Waals surface area contributed by atoms with E-state index in [0.717, 1.165) is 18.3 Å². The Balaban J connectivity index is 2.00. The van der Waals surface area contributed by atoms with Gasteiger partial charge in [-0.1, -0.05) is 0 Å². The van der Waals surface area contributed by atoms with Crippen molar-refractivity contribution < 1.29 is 27.8 Å². The quantitative estimate of drug-likeness (QED) is 0.538. The largest absolute Gasteiger partial charge is 0.477 e. The van der Waals surface area contributed by atoms with E-state index in [2.05, 4.69) is 32.9 Å². The van der Waals surface area contributed by atoms with E-state index in [1.54, 1.807) is 0 Å². The van der Waals surface area contributed by atoms with Crippen LogP contribution in [0.25, 0.3) is 10.2 Å². The molecule has 7 nitrogen and oxygen atoms in total. The second kappa shape index (κ2) is 7.19. The standard InChI is InChI=1S/C15H11F3N4O3S2/c1-6(15(16,17)18)25-12-7(3-2-4-19-12)22-11-8-9(26)10(14(23)24)27-13(8)21-5-20-11/h2-6,26H,1H3,(H,23,24)(H,20,21,22). The molecule has 3 aromatic heterocycles. The van der Waals surface area contributed by atoms with E-state index in [1.165, 1.54) is 24.7 Å². The van der Waals surface area contributed by atoms with Crippen molar-refractivity contribution in [3.63, 3.8) is 0 Å². The fourth-order valence-electron chi connectivity index (χ4n) is 2.10. The lowest BCUT2D eigenvalue weighted by atomic mass is 10.3. The van der Waals surface area contributed by atoms with Crippen LogP contribution in [-0.2, 0) is 0 Å². The molecule has 2 N–H and O–H groups in total. The van der Waals surface area contributed by atoms with Crippen LogP contribution >= 0.6 is 24.0 Å². The molecule has 0 aliphatic heterocycles. The highest BCUT2D eigenvalue weighted by molar-refractivity contribution is 7.81. The smallest absolute Gasteiger partial charge is 0.425 e. The maximum atomic E-state index is 12.8. The first-order chi connectivity index (χ1) is 12.7. The number of alkyl halides is 3. The normalized spacial score (nSPS) is 12.8. The Morgan fingerprint density at radius 1 is 1.37 bits per heavy atom. The highest BCUT2D eigenvalue weighted by Gasteiger charge is 2.38. The summed E-state index contributed by atoms with van der Waals surface area (Å²) in [7, 11) is 0. The monoisotopic (exact) mass is 416 g/mol. The van der Waals surface area contributed by atoms with Gasteiger partial charge in [0.15, 0.2) is 6.10 Å². The second-order valence-electron chi connectivity index (χ2n) is 5.27. The second-order valence-corrected chi connectivity index (χ2v) is 6.72. The van der Waals surface area contributed by atoms with Crippen LogP contribution in [0.4, 0.5) is 24.7 Å². The predicted molar refractivity (Wildman–Crippen MR) is 95.3 cm³/mol. The summed E-state index contributed by atoms with van der Waals surface area (Å²) in [5.41, 5.74) is 0.129. The highest BCUT2D eigenvalue weighted by Crippen LogP contribution is 2.38. The lowest BCUT2D eigenvalue weighted by Crippen LogP contribution is -2.31. The van der Waals surface area contributed by atoms with Crippen molar-refractivity contribution in [2.75, 3.05) is 5.32 Å². The molecule has 3 rings (SSSR count). The highest BCUT2D eigenvalue weighted by atomic mass is 32.1. The Bertz CT molecular complexity index is 1010. The van der Waals surface area contributed by atoms with E-state index in [4.69, 9.17) is 4.74 Å². The molecule has 0 aliphatic carbocycles. The average molecular weight is 416 g/mol. The van der Waals surface area contributed by atoms with Gasteiger partial charge in [0.2, 0.25) is 5.88 Å². The predicted octanol–water partition coefficient (Wildman–Crippen LogP) is 4.15. The van der Waals surface area contributed by atoms with E-state index in [-0.39, 0.29) is 27.2 Å². The van der Waals surface area contributed by atoms with Crippen molar-refractivity contribution >= 4 is 51.7 Å². The fraction of sp³-hybridized carbons (Fsp3) is 0.200. The summed E-state index contributed by atoms with van der Waals surface area (Å²) in [6, 6.07) is 2.96. The molecule has 0 radical (unpaired) electrons. The zero-order chi connectivity index (χ0) is 19.8. The van der Waals surface area contributed by atoms with Gasteiger partial charge in [0.05, 0.1) is 5.39 Å². The minimum absolute atomic E-state index is 0.0229. The number of nitrogens with zero attached hydrogens (tertiary/aromatic N) is 3. The number of rotatable bonds is 5. The van der Waals surface area contributed by atoms with E-state index in [1.807, 2.05) is 0 Å². The molecule has 3 aromatic rings. The molecule has 1 unspecified atom stereocenters. The Morgan fingerprint density at radius 3 is 2.78 bits per heavy atom. The molecule has 0 aromatic carbocycles. The van der Waals surface area contributed by atoms with E-state index >= 15 is 0 Å². The third kappa shape index (κ3) is 3.90. The van der Waals surface area contributed by atoms with Crippen molar-refractivity contribution in [1.29, 1.82) is 0 Å². The summed E-state index contributed by atoms with van der Waals surface area (Å²) in [4.78, 5) is 23.7. The van der Waals surface area contributed by atoms with Gasteiger partial charge >= 0.3 is 12.1 Å². The van der Waals surface area contributed by atoms with Crippen LogP contribution in [0.15, 0.2) is 29.6 Å². The first-order valence-corrected chi connectivity index (χ1v) is 8.60. The maximum Gasteiger partial charge on any atom is 0.425 e. The number of pyridine rings is 1. The van der Waals surface area contributed by atoms with Crippen LogP contribution in [-0.4, -0.2) is 38.3 Å². The molecule has 0 spiro atoms. The molecule has 3 heterocycles. The molecule has 12 heteroatoms. The van der Waals surface area contributed by atoms with Gasteiger partial charge in [-0.05, 0) is 19.1 Å². The van der Waals surface area contributed by atoms with Crippen molar-refractivity contribution in [3.8, 4) is 5.88 Å². The summed E-state index contributed by atoms with van der Waals surface area (Å²) >= 11 is 5.14. The average Bonchev–Trinajstić information content (AvgIpc) is 2.94. The van der Waals surface area contributed by atoms with Gasteiger partial charge in [0, 0.05) is 11.1 Å². The van der Waals surface area contributed by atoms with Crippen molar-refractivity contribution in [3.05, 3.63) is 29.5 Å². The lowest BCUT2D eigenvalue weighted by Gasteiger charge is -2.19. The van der Waals surface area contributed by atoms with Crippen LogP contribution in [0.1, 0.15) is 16.6 Å². The third-order valence-electron chi connectivity index (χ3n) is 3.43. The minimum atomic E-state index is -4.56. The van der Waals surface area contributed by atoms with Gasteiger partial charge in [0.1, 0.15) is 27.5 Å². The number of nitrogens with one attached hydrogen (secondary N) is 1. The molecule has 0 fully saturated rings. The first-order valence-electron chi connectivity index (χ1n) is 7.33. The number of thiol groups is 1. The summed E-state index contributed by atoms with van der Waals surface area (Å²) in [5.74, 6) is -1.27. The van der Waals surface area contributed by atoms with E-state index < -0.39 is 18.2 Å². The Labute approximate surface area is 159 Å². The van der Waals surface area contributed by atoms with Gasteiger partial charge < -0.3 is 15.2 Å². The topological polar surface area (TPSA) is 97.2 Å². The van der Waals surface area contributed by atoms with Gasteiger partial charge in [-0.3, -0.25) is 0 Å². The molecule has 0 saturated carbocycles. The number of thiophene rings is 1. The molecule has 27 heavy (non-hydrogen) atoms. The van der Waals surface area contributed by atoms with Crippen molar-refractivity contribution in [2.45, 2.75) is 24.1 Å². The van der Waals surface area contributed by atoms with Crippen LogP contribution in [0.2, 0.25) is 0 Å². The van der Waals surface area contributed by atoms with Crippen LogP contribution in [0.3, 0.4) is 0 Å². The van der Waals surface area contributed by atoms with Gasteiger partial charge in [-0.2, -0.15) is 13.2 Å². The Kier molecular flexibility index (Phi) is 5.11. The van der Waals surface area contributed by atoms with Crippen LogP contribution < -0.4 is 10.1 Å². The number of carboxylic acids is 1. The molecular formula is C15H11F3N4O3S2. The lowest BCUT2D eigenvalue weighted by molar-refractivity contribution is -0.189. The zero-order valence-corrected chi connectivity index (χ0v) is 15.2. The SMILES string of the molecule is CC(Oc1ncccc1Nc1ncnc2sc(C(=O)O)c(S)c12)C(F)(F)F. The summed E-state index contributed by atoms with van der Waals surface area (Å²) in [6.45, 7) is 0.866. The van der Waals surface area contributed by atoms with Gasteiger partial charge in [0.25, 0.3) is 0 Å². The summed E-state index contributed by atoms with van der Waals surface area (Å²) < 4.78 is 43.2. The molecular weight excluding hydrogens is 405 g/mol. The number of halogens is 3. The number of aromatic carboxylic acids is 1. The Morgan fingerprint density at radius 2 is 2.11 bits per heavy atom. The number of anilines is 2. The van der Waals surface area contributed by atoms with Crippen molar-refractivity contribution in [1.82, 2.24) is 15.0 Å². The van der Waals surface area contributed by atoms with Gasteiger partial charge in [-0.15, -0.1) is 24.0 Å². The number of fused-ring (bicyclic) bond motifs is 1. The third-order valence-corrected chi connectivity index (χ3v) is 5.12. The molecule has 0 aliphatic rings.